The van der Waals surface area contributed by atoms with E-state index in [1.54, 1.807) is 12.1 Å². The van der Waals surface area contributed by atoms with Gasteiger partial charge in [0.1, 0.15) is 5.82 Å². The van der Waals surface area contributed by atoms with Gasteiger partial charge < -0.3 is 5.32 Å². The summed E-state index contributed by atoms with van der Waals surface area (Å²) >= 11 is 0. The number of nitriles is 1. The second kappa shape index (κ2) is 6.36. The van der Waals surface area contributed by atoms with Gasteiger partial charge in [-0.2, -0.15) is 5.26 Å². The molecule has 0 saturated carbocycles. The highest BCUT2D eigenvalue weighted by atomic mass is 19.1. The van der Waals surface area contributed by atoms with Crippen molar-refractivity contribution in [2.45, 2.75) is 38.6 Å². The lowest BCUT2D eigenvalue weighted by Crippen LogP contribution is -2.37. The zero-order valence-corrected chi connectivity index (χ0v) is 10.5. The largest absolute Gasteiger partial charge is 0.308 e. The molecule has 0 heterocycles. The molecular weight excluding hydrogens is 215 g/mol. The van der Waals surface area contributed by atoms with Crippen LogP contribution < -0.4 is 5.32 Å². The third-order valence-electron chi connectivity index (χ3n) is 2.85. The van der Waals surface area contributed by atoms with Crippen LogP contribution in [0, 0.1) is 17.1 Å². The summed E-state index contributed by atoms with van der Waals surface area (Å²) in [5, 5.41) is 11.8. The van der Waals surface area contributed by atoms with Crippen LogP contribution in [0.25, 0.3) is 0 Å². The first-order chi connectivity index (χ1) is 8.06. The number of nitrogens with zero attached hydrogens (tertiary/aromatic N) is 1. The SMILES string of the molecule is CC(C)(NCCCCC#N)c1ccc(F)cc1. The summed E-state index contributed by atoms with van der Waals surface area (Å²) in [5.41, 5.74) is 0.902. The molecule has 0 atom stereocenters. The van der Waals surface area contributed by atoms with Crippen LogP contribution in [-0.2, 0) is 5.54 Å². The monoisotopic (exact) mass is 234 g/mol. The van der Waals surface area contributed by atoms with Gasteiger partial charge in [0.25, 0.3) is 0 Å². The zero-order valence-electron chi connectivity index (χ0n) is 10.5. The van der Waals surface area contributed by atoms with Crippen LogP contribution in [0.5, 0.6) is 0 Å². The molecule has 0 amide bonds. The van der Waals surface area contributed by atoms with Crippen molar-refractivity contribution >= 4 is 0 Å². The predicted octanol–water partition coefficient (Wildman–Crippen LogP) is 3.34. The molecule has 2 nitrogen and oxygen atoms in total. The van der Waals surface area contributed by atoms with Crippen molar-refractivity contribution in [1.82, 2.24) is 5.32 Å². The average molecular weight is 234 g/mol. The highest BCUT2D eigenvalue weighted by Gasteiger charge is 2.18. The molecule has 0 aliphatic rings. The Morgan fingerprint density at radius 3 is 2.47 bits per heavy atom. The van der Waals surface area contributed by atoms with Gasteiger partial charge in [0.15, 0.2) is 0 Å². The Balaban J connectivity index is 2.45. The van der Waals surface area contributed by atoms with Crippen molar-refractivity contribution in [3.8, 4) is 6.07 Å². The number of nitrogens with one attached hydrogen (secondary N) is 1. The molecule has 3 heteroatoms. The fraction of sp³-hybridized carbons (Fsp3) is 0.500. The smallest absolute Gasteiger partial charge is 0.123 e. The van der Waals surface area contributed by atoms with Crippen LogP contribution in [0.15, 0.2) is 24.3 Å². The number of hydrogen-bond donors (Lipinski definition) is 1. The summed E-state index contributed by atoms with van der Waals surface area (Å²) in [6, 6.07) is 8.70. The van der Waals surface area contributed by atoms with E-state index in [1.165, 1.54) is 12.1 Å². The molecule has 92 valence electrons. The maximum Gasteiger partial charge on any atom is 0.123 e. The highest BCUT2D eigenvalue weighted by Crippen LogP contribution is 2.20. The Hall–Kier alpha value is -1.40. The van der Waals surface area contributed by atoms with Crippen LogP contribution in [0.3, 0.4) is 0 Å². The van der Waals surface area contributed by atoms with Crippen LogP contribution in [0.1, 0.15) is 38.7 Å². The third kappa shape index (κ3) is 4.54. The summed E-state index contributed by atoms with van der Waals surface area (Å²) in [6.07, 6.45) is 2.51. The molecule has 0 aliphatic carbocycles. The quantitative estimate of drug-likeness (QED) is 0.766. The Labute approximate surface area is 102 Å². The van der Waals surface area contributed by atoms with Gasteiger partial charge in [0.05, 0.1) is 6.07 Å². The molecule has 17 heavy (non-hydrogen) atoms. The van der Waals surface area contributed by atoms with Crippen molar-refractivity contribution in [3.05, 3.63) is 35.6 Å². The minimum absolute atomic E-state index is 0.166. The molecule has 0 fully saturated rings. The molecule has 1 aromatic rings. The Bertz CT molecular complexity index is 376. The van der Waals surface area contributed by atoms with E-state index in [0.717, 1.165) is 24.9 Å². The van der Waals surface area contributed by atoms with Gasteiger partial charge in [-0.1, -0.05) is 12.1 Å². The van der Waals surface area contributed by atoms with E-state index in [-0.39, 0.29) is 11.4 Å². The molecule has 0 radical (unpaired) electrons. The molecular formula is C14H19FN2. The lowest BCUT2D eigenvalue weighted by atomic mass is 9.94. The Morgan fingerprint density at radius 1 is 1.24 bits per heavy atom. The van der Waals surface area contributed by atoms with Gasteiger partial charge in [-0.05, 0) is 50.9 Å². The summed E-state index contributed by atoms with van der Waals surface area (Å²) in [5.74, 6) is -0.210. The highest BCUT2D eigenvalue weighted by molar-refractivity contribution is 5.23. The number of rotatable bonds is 6. The predicted molar refractivity (Wildman–Crippen MR) is 66.9 cm³/mol. The summed E-state index contributed by atoms with van der Waals surface area (Å²) in [6.45, 7) is 5.01. The van der Waals surface area contributed by atoms with Gasteiger partial charge in [0.2, 0.25) is 0 Å². The van der Waals surface area contributed by atoms with E-state index in [2.05, 4.69) is 25.2 Å². The van der Waals surface area contributed by atoms with Gasteiger partial charge in [-0.15, -0.1) is 0 Å². The molecule has 0 saturated heterocycles. The lowest BCUT2D eigenvalue weighted by molar-refractivity contribution is 0.397. The van der Waals surface area contributed by atoms with Gasteiger partial charge in [-0.3, -0.25) is 0 Å². The number of halogens is 1. The van der Waals surface area contributed by atoms with Crippen molar-refractivity contribution in [2.75, 3.05) is 6.54 Å². The lowest BCUT2D eigenvalue weighted by Gasteiger charge is -2.27. The second-order valence-corrected chi connectivity index (χ2v) is 4.67. The molecule has 1 rings (SSSR count). The molecule has 1 aromatic carbocycles. The Kier molecular flexibility index (Phi) is 5.11. The minimum Gasteiger partial charge on any atom is -0.308 e. The number of unbranched alkanes of at least 4 members (excludes halogenated alkanes) is 2. The van der Waals surface area contributed by atoms with Gasteiger partial charge in [-0.25, -0.2) is 4.39 Å². The van der Waals surface area contributed by atoms with Gasteiger partial charge in [0, 0.05) is 12.0 Å². The Morgan fingerprint density at radius 2 is 1.88 bits per heavy atom. The van der Waals surface area contributed by atoms with Crippen molar-refractivity contribution in [2.24, 2.45) is 0 Å². The first kappa shape index (κ1) is 13.7. The topological polar surface area (TPSA) is 35.8 Å². The normalized spacial score (nSPS) is 11.2. The van der Waals surface area contributed by atoms with E-state index >= 15 is 0 Å². The second-order valence-electron chi connectivity index (χ2n) is 4.67. The van der Waals surface area contributed by atoms with Crippen molar-refractivity contribution in [3.63, 3.8) is 0 Å². The summed E-state index contributed by atoms with van der Waals surface area (Å²) < 4.78 is 12.8. The minimum atomic E-state index is -0.210. The molecule has 0 aromatic heterocycles. The van der Waals surface area contributed by atoms with E-state index in [4.69, 9.17) is 5.26 Å². The summed E-state index contributed by atoms with van der Waals surface area (Å²) in [4.78, 5) is 0. The maximum atomic E-state index is 12.8. The van der Waals surface area contributed by atoms with Crippen LogP contribution >= 0.6 is 0 Å². The fourth-order valence-corrected chi connectivity index (χ4v) is 1.70. The first-order valence-corrected chi connectivity index (χ1v) is 5.94. The van der Waals surface area contributed by atoms with Crippen LogP contribution in [-0.4, -0.2) is 6.54 Å². The average Bonchev–Trinajstić information content (AvgIpc) is 2.29. The molecule has 0 aliphatic heterocycles. The third-order valence-corrected chi connectivity index (χ3v) is 2.85. The number of hydrogen-bond acceptors (Lipinski definition) is 2. The van der Waals surface area contributed by atoms with Crippen molar-refractivity contribution < 1.29 is 4.39 Å². The van der Waals surface area contributed by atoms with Crippen LogP contribution in [0.2, 0.25) is 0 Å². The molecule has 1 N–H and O–H groups in total. The summed E-state index contributed by atoms with van der Waals surface area (Å²) in [7, 11) is 0. The van der Waals surface area contributed by atoms with Gasteiger partial charge >= 0.3 is 0 Å². The van der Waals surface area contributed by atoms with E-state index in [9.17, 15) is 4.39 Å². The van der Waals surface area contributed by atoms with Crippen molar-refractivity contribution in [1.29, 1.82) is 5.26 Å². The van der Waals surface area contributed by atoms with E-state index in [0.29, 0.717) is 6.42 Å². The zero-order chi connectivity index (χ0) is 12.7. The maximum absolute atomic E-state index is 12.8. The first-order valence-electron chi connectivity index (χ1n) is 5.94. The van der Waals surface area contributed by atoms with E-state index < -0.39 is 0 Å². The molecule has 0 unspecified atom stereocenters. The standard InChI is InChI=1S/C14H19FN2/c1-14(2,17-11-5-3-4-10-16)12-6-8-13(15)9-7-12/h6-9,17H,3-5,11H2,1-2H3. The van der Waals surface area contributed by atoms with Crippen LogP contribution in [0.4, 0.5) is 4.39 Å². The molecule has 0 spiro atoms. The molecule has 0 bridgehead atoms. The van der Waals surface area contributed by atoms with E-state index in [1.807, 2.05) is 0 Å². The number of benzene rings is 1. The fourth-order valence-electron chi connectivity index (χ4n) is 1.70.